The van der Waals surface area contributed by atoms with Crippen LogP contribution in [0.3, 0.4) is 0 Å². The van der Waals surface area contributed by atoms with E-state index in [-0.39, 0.29) is 18.9 Å². The summed E-state index contributed by atoms with van der Waals surface area (Å²) >= 11 is 6.47. The van der Waals surface area contributed by atoms with Crippen LogP contribution in [0.2, 0.25) is 0 Å². The number of nitrogens with one attached hydrogen (secondary N) is 2. The van der Waals surface area contributed by atoms with Gasteiger partial charge in [-0.2, -0.15) is 0 Å². The van der Waals surface area contributed by atoms with Gasteiger partial charge >= 0.3 is 0 Å². The molecule has 0 unspecified atom stereocenters. The van der Waals surface area contributed by atoms with Crippen molar-refractivity contribution >= 4 is 52.1 Å². The van der Waals surface area contributed by atoms with Gasteiger partial charge in [-0.3, -0.25) is 30.1 Å². The van der Waals surface area contributed by atoms with E-state index < -0.39 is 11.8 Å². The number of aryl methyl sites for hydroxylation is 1. The molecule has 1 heterocycles. The number of benzene rings is 2. The second-order valence-corrected chi connectivity index (χ2v) is 8.42. The van der Waals surface area contributed by atoms with E-state index in [1.54, 1.807) is 24.3 Å². The summed E-state index contributed by atoms with van der Waals surface area (Å²) in [6.45, 7) is 2.06. The third kappa shape index (κ3) is 6.37. The molecule has 0 saturated carbocycles. The molecule has 0 radical (unpaired) electrons. The zero-order chi connectivity index (χ0) is 22.2. The van der Waals surface area contributed by atoms with E-state index in [1.807, 2.05) is 55.5 Å². The van der Waals surface area contributed by atoms with Crippen LogP contribution in [0.15, 0.2) is 71.7 Å². The molecule has 3 rings (SSSR count). The lowest BCUT2D eigenvalue weighted by Gasteiger charge is -2.14. The highest BCUT2D eigenvalue weighted by Crippen LogP contribution is 2.31. The minimum atomic E-state index is -0.414. The zero-order valence-electron chi connectivity index (χ0n) is 16.8. The SMILES string of the molecule is Cc1ccc(C(=O)NNC(=O)CCN2C(=O)C(=CC=Cc3ccccc3)SC2=S)cc1. The lowest BCUT2D eigenvalue weighted by Crippen LogP contribution is -2.43. The number of nitrogens with zero attached hydrogens (tertiary/aromatic N) is 1. The van der Waals surface area contributed by atoms with E-state index in [1.165, 1.54) is 16.7 Å². The summed E-state index contributed by atoms with van der Waals surface area (Å²) in [4.78, 5) is 38.6. The van der Waals surface area contributed by atoms with Crippen LogP contribution in [0.5, 0.6) is 0 Å². The monoisotopic (exact) mass is 451 g/mol. The molecule has 2 aromatic rings. The van der Waals surface area contributed by atoms with Crippen LogP contribution in [0.4, 0.5) is 0 Å². The third-order valence-corrected chi connectivity index (χ3v) is 5.80. The fourth-order valence-electron chi connectivity index (χ4n) is 2.70. The van der Waals surface area contributed by atoms with E-state index in [4.69, 9.17) is 12.2 Å². The standard InChI is InChI=1S/C23H21N3O3S2/c1-16-10-12-18(13-11-16)21(28)25-24-20(27)14-15-26-22(29)19(31-23(26)30)9-5-8-17-6-3-2-4-7-17/h2-13H,14-15H2,1H3,(H,24,27)(H,25,28). The Morgan fingerprint density at radius 3 is 2.48 bits per heavy atom. The lowest BCUT2D eigenvalue weighted by molar-refractivity contribution is -0.124. The first kappa shape index (κ1) is 22.5. The van der Waals surface area contributed by atoms with Gasteiger partial charge in [0.2, 0.25) is 5.91 Å². The summed E-state index contributed by atoms with van der Waals surface area (Å²) in [7, 11) is 0. The Labute approximate surface area is 190 Å². The number of hydrazine groups is 1. The lowest BCUT2D eigenvalue weighted by atomic mass is 10.1. The maximum Gasteiger partial charge on any atom is 0.269 e. The normalized spacial score (nSPS) is 15.0. The average Bonchev–Trinajstić information content (AvgIpc) is 3.04. The second kappa shape index (κ2) is 10.7. The fraction of sp³-hybridized carbons (Fsp3) is 0.130. The van der Waals surface area contributed by atoms with Gasteiger partial charge in [-0.1, -0.05) is 84.2 Å². The molecule has 158 valence electrons. The Morgan fingerprint density at radius 2 is 1.77 bits per heavy atom. The van der Waals surface area contributed by atoms with Gasteiger partial charge in [0.15, 0.2) is 0 Å². The van der Waals surface area contributed by atoms with Gasteiger partial charge in [-0.15, -0.1) is 0 Å². The van der Waals surface area contributed by atoms with Crippen molar-refractivity contribution in [2.75, 3.05) is 6.54 Å². The second-order valence-electron chi connectivity index (χ2n) is 6.74. The minimum absolute atomic E-state index is 0.00769. The highest BCUT2D eigenvalue weighted by atomic mass is 32.2. The first-order chi connectivity index (χ1) is 14.9. The molecule has 0 spiro atoms. The van der Waals surface area contributed by atoms with Crippen LogP contribution in [0, 0.1) is 6.92 Å². The van der Waals surface area contributed by atoms with Crippen molar-refractivity contribution in [3.63, 3.8) is 0 Å². The Bertz CT molecular complexity index is 1050. The number of allylic oxidation sites excluding steroid dienone is 2. The van der Waals surface area contributed by atoms with E-state index in [0.717, 1.165) is 11.1 Å². The van der Waals surface area contributed by atoms with Gasteiger partial charge in [-0.25, -0.2) is 0 Å². The van der Waals surface area contributed by atoms with Crippen molar-refractivity contribution in [2.45, 2.75) is 13.3 Å². The van der Waals surface area contributed by atoms with Gasteiger partial charge in [0.1, 0.15) is 4.32 Å². The summed E-state index contributed by atoms with van der Waals surface area (Å²) in [6, 6.07) is 16.7. The van der Waals surface area contributed by atoms with Crippen LogP contribution in [0.1, 0.15) is 27.9 Å². The van der Waals surface area contributed by atoms with Gasteiger partial charge in [0.05, 0.1) is 4.91 Å². The molecule has 2 N–H and O–H groups in total. The van der Waals surface area contributed by atoms with Crippen molar-refractivity contribution in [1.29, 1.82) is 0 Å². The summed E-state index contributed by atoms with van der Waals surface area (Å²) in [5.41, 5.74) is 7.23. The maximum absolute atomic E-state index is 12.6. The minimum Gasteiger partial charge on any atom is -0.292 e. The highest BCUT2D eigenvalue weighted by Gasteiger charge is 2.31. The number of hydrogen-bond donors (Lipinski definition) is 2. The number of rotatable bonds is 6. The smallest absolute Gasteiger partial charge is 0.269 e. The van der Waals surface area contributed by atoms with Crippen molar-refractivity contribution in [2.24, 2.45) is 0 Å². The number of thioether (sulfide) groups is 1. The Balaban J connectivity index is 1.47. The van der Waals surface area contributed by atoms with Crippen LogP contribution < -0.4 is 10.9 Å². The van der Waals surface area contributed by atoms with Crippen LogP contribution in [-0.2, 0) is 9.59 Å². The fourth-order valence-corrected chi connectivity index (χ4v) is 3.96. The first-order valence-electron chi connectivity index (χ1n) is 9.57. The van der Waals surface area contributed by atoms with Crippen LogP contribution in [0.25, 0.3) is 6.08 Å². The van der Waals surface area contributed by atoms with Crippen LogP contribution >= 0.6 is 24.0 Å². The number of carbonyl (C=O) groups excluding carboxylic acids is 3. The summed E-state index contributed by atoms with van der Waals surface area (Å²) in [6.07, 6.45) is 5.42. The molecule has 6 nitrogen and oxygen atoms in total. The Hall–Kier alpha value is -3.23. The molecular weight excluding hydrogens is 430 g/mol. The molecule has 1 saturated heterocycles. The van der Waals surface area contributed by atoms with Crippen molar-refractivity contribution in [1.82, 2.24) is 15.8 Å². The molecule has 0 atom stereocenters. The number of carbonyl (C=O) groups is 3. The number of hydrogen-bond acceptors (Lipinski definition) is 5. The summed E-state index contributed by atoms with van der Waals surface area (Å²) < 4.78 is 0.404. The topological polar surface area (TPSA) is 78.5 Å². The molecule has 0 aliphatic carbocycles. The number of amides is 3. The van der Waals surface area contributed by atoms with E-state index >= 15 is 0 Å². The Morgan fingerprint density at radius 1 is 1.06 bits per heavy atom. The molecule has 2 aromatic carbocycles. The highest BCUT2D eigenvalue weighted by molar-refractivity contribution is 8.26. The molecule has 0 aromatic heterocycles. The van der Waals surface area contributed by atoms with Gasteiger partial charge in [-0.05, 0) is 30.7 Å². The van der Waals surface area contributed by atoms with Gasteiger partial charge in [0.25, 0.3) is 11.8 Å². The Kier molecular flexibility index (Phi) is 7.75. The molecule has 8 heteroatoms. The van der Waals surface area contributed by atoms with Crippen molar-refractivity contribution in [3.8, 4) is 0 Å². The van der Waals surface area contributed by atoms with Gasteiger partial charge in [0, 0.05) is 18.5 Å². The molecule has 1 aliphatic rings. The summed E-state index contributed by atoms with van der Waals surface area (Å²) in [5.74, 6) is -1.06. The van der Waals surface area contributed by atoms with E-state index in [0.29, 0.717) is 14.8 Å². The quantitative estimate of drug-likeness (QED) is 0.399. The molecule has 1 fully saturated rings. The van der Waals surface area contributed by atoms with E-state index in [9.17, 15) is 14.4 Å². The largest absolute Gasteiger partial charge is 0.292 e. The first-order valence-corrected chi connectivity index (χ1v) is 10.8. The zero-order valence-corrected chi connectivity index (χ0v) is 18.5. The predicted molar refractivity (Wildman–Crippen MR) is 127 cm³/mol. The van der Waals surface area contributed by atoms with Crippen LogP contribution in [-0.4, -0.2) is 33.5 Å². The van der Waals surface area contributed by atoms with Crippen molar-refractivity contribution < 1.29 is 14.4 Å². The van der Waals surface area contributed by atoms with Crippen molar-refractivity contribution in [3.05, 3.63) is 88.3 Å². The van der Waals surface area contributed by atoms with Gasteiger partial charge < -0.3 is 0 Å². The maximum atomic E-state index is 12.6. The molecule has 31 heavy (non-hydrogen) atoms. The molecule has 3 amide bonds. The number of thiocarbonyl (C=S) groups is 1. The third-order valence-electron chi connectivity index (χ3n) is 4.40. The average molecular weight is 452 g/mol. The predicted octanol–water partition coefficient (Wildman–Crippen LogP) is 3.60. The summed E-state index contributed by atoms with van der Waals surface area (Å²) in [5, 5.41) is 0. The molecular formula is C23H21N3O3S2. The van der Waals surface area contributed by atoms with E-state index in [2.05, 4.69) is 10.9 Å². The molecule has 1 aliphatic heterocycles. The molecule has 0 bridgehead atoms.